The van der Waals surface area contributed by atoms with Crippen LogP contribution in [-0.4, -0.2) is 6.04 Å². The third-order valence-electron chi connectivity index (χ3n) is 5.38. The van der Waals surface area contributed by atoms with E-state index in [1.165, 1.54) is 24.8 Å². The van der Waals surface area contributed by atoms with Crippen molar-refractivity contribution in [1.29, 1.82) is 0 Å². The van der Waals surface area contributed by atoms with Crippen LogP contribution in [0.15, 0.2) is 42.5 Å². The summed E-state index contributed by atoms with van der Waals surface area (Å²) in [6.45, 7) is 1.04. The van der Waals surface area contributed by atoms with Gasteiger partial charge in [0.2, 0.25) is 0 Å². The summed E-state index contributed by atoms with van der Waals surface area (Å²) in [4.78, 5) is 0. The topological polar surface area (TPSA) is 12.0 Å². The van der Waals surface area contributed by atoms with E-state index in [2.05, 4.69) is 47.8 Å². The molecule has 1 heteroatoms. The largest absolute Gasteiger partial charge is 0.310 e. The van der Waals surface area contributed by atoms with Crippen molar-refractivity contribution in [3.8, 4) is 0 Å². The van der Waals surface area contributed by atoms with Gasteiger partial charge in [0.15, 0.2) is 0 Å². The van der Waals surface area contributed by atoms with Crippen LogP contribution in [0.1, 0.15) is 24.8 Å². The summed E-state index contributed by atoms with van der Waals surface area (Å²) in [6, 6.07) is 11.6. The highest BCUT2D eigenvalue weighted by molar-refractivity contribution is 5.19. The molecule has 1 aromatic rings. The Hall–Kier alpha value is -1.08. The van der Waals surface area contributed by atoms with Gasteiger partial charge in [0.25, 0.3) is 0 Å². The number of hydrogen-bond donors (Lipinski definition) is 1. The molecule has 0 heterocycles. The van der Waals surface area contributed by atoms with E-state index in [-0.39, 0.29) is 0 Å². The molecule has 3 aliphatic carbocycles. The van der Waals surface area contributed by atoms with Gasteiger partial charge < -0.3 is 5.32 Å². The number of nitrogens with one attached hydrogen (secondary N) is 1. The minimum Gasteiger partial charge on any atom is -0.310 e. The molecule has 1 aromatic carbocycles. The Bertz CT molecular complexity index is 450. The molecule has 18 heavy (non-hydrogen) atoms. The molecule has 2 bridgehead atoms. The lowest BCUT2D eigenvalue weighted by atomic mass is 9.84. The lowest BCUT2D eigenvalue weighted by Crippen LogP contribution is -2.35. The number of hydrogen-bond acceptors (Lipinski definition) is 1. The number of allylic oxidation sites excluding steroid dienone is 2. The van der Waals surface area contributed by atoms with Gasteiger partial charge in [-0.1, -0.05) is 42.5 Å². The minimum atomic E-state index is 0.759. The highest BCUT2D eigenvalue weighted by Crippen LogP contribution is 2.55. The van der Waals surface area contributed by atoms with Crippen molar-refractivity contribution in [2.45, 2.75) is 31.8 Å². The minimum absolute atomic E-state index is 0.759. The van der Waals surface area contributed by atoms with E-state index in [1.54, 1.807) is 0 Å². The van der Waals surface area contributed by atoms with E-state index >= 15 is 0 Å². The monoisotopic (exact) mass is 239 g/mol. The van der Waals surface area contributed by atoms with Gasteiger partial charge in [0, 0.05) is 12.6 Å². The molecular formula is C17H21N. The third kappa shape index (κ3) is 1.65. The molecule has 0 saturated heterocycles. The second-order valence-electron chi connectivity index (χ2n) is 6.24. The zero-order valence-corrected chi connectivity index (χ0v) is 10.8. The van der Waals surface area contributed by atoms with E-state index < -0.39 is 0 Å². The quantitative estimate of drug-likeness (QED) is 0.797. The van der Waals surface area contributed by atoms with Gasteiger partial charge in [0.05, 0.1) is 0 Å². The van der Waals surface area contributed by atoms with Crippen LogP contribution in [0.2, 0.25) is 0 Å². The van der Waals surface area contributed by atoms with E-state index in [4.69, 9.17) is 0 Å². The molecule has 0 aliphatic heterocycles. The van der Waals surface area contributed by atoms with Crippen molar-refractivity contribution in [2.75, 3.05) is 0 Å². The summed E-state index contributed by atoms with van der Waals surface area (Å²) in [5.74, 6) is 3.73. The first-order valence-corrected chi connectivity index (χ1v) is 7.37. The van der Waals surface area contributed by atoms with Crippen LogP contribution in [-0.2, 0) is 6.54 Å². The molecule has 5 atom stereocenters. The van der Waals surface area contributed by atoms with Crippen molar-refractivity contribution < 1.29 is 0 Å². The van der Waals surface area contributed by atoms with E-state index in [0.717, 1.165) is 36.3 Å². The van der Waals surface area contributed by atoms with Crippen LogP contribution in [0.5, 0.6) is 0 Å². The summed E-state index contributed by atoms with van der Waals surface area (Å²) in [7, 11) is 0. The van der Waals surface area contributed by atoms with Gasteiger partial charge in [0.1, 0.15) is 0 Å². The van der Waals surface area contributed by atoms with Gasteiger partial charge in [-0.3, -0.25) is 0 Å². The summed E-state index contributed by atoms with van der Waals surface area (Å²) in [5, 5.41) is 3.82. The molecular weight excluding hydrogens is 218 g/mol. The van der Waals surface area contributed by atoms with Gasteiger partial charge in [-0.15, -0.1) is 0 Å². The fourth-order valence-corrected chi connectivity index (χ4v) is 4.61. The van der Waals surface area contributed by atoms with Crippen molar-refractivity contribution in [3.63, 3.8) is 0 Å². The molecule has 2 fully saturated rings. The SMILES string of the molecule is C1=C[C@H]2C[C@@H]1[C@H]1[C@H]2CC[C@@H]1NCc1ccccc1. The van der Waals surface area contributed by atoms with Crippen LogP contribution >= 0.6 is 0 Å². The van der Waals surface area contributed by atoms with Crippen LogP contribution in [0.4, 0.5) is 0 Å². The van der Waals surface area contributed by atoms with E-state index in [0.29, 0.717) is 0 Å². The van der Waals surface area contributed by atoms with Crippen LogP contribution in [0.25, 0.3) is 0 Å². The highest BCUT2D eigenvalue weighted by atomic mass is 14.9. The summed E-state index contributed by atoms with van der Waals surface area (Å²) >= 11 is 0. The predicted molar refractivity (Wildman–Crippen MR) is 74.0 cm³/mol. The first-order chi connectivity index (χ1) is 8.92. The molecule has 0 aromatic heterocycles. The summed E-state index contributed by atoms with van der Waals surface area (Å²) in [6.07, 6.45) is 9.26. The maximum absolute atomic E-state index is 3.82. The van der Waals surface area contributed by atoms with E-state index in [1.807, 2.05) is 0 Å². The first kappa shape index (κ1) is 10.8. The van der Waals surface area contributed by atoms with Crippen molar-refractivity contribution in [3.05, 3.63) is 48.0 Å². The smallest absolute Gasteiger partial charge is 0.0208 e. The summed E-state index contributed by atoms with van der Waals surface area (Å²) in [5.41, 5.74) is 1.42. The molecule has 4 rings (SSSR count). The average molecular weight is 239 g/mol. The molecule has 1 nitrogen and oxygen atoms in total. The molecule has 94 valence electrons. The fourth-order valence-electron chi connectivity index (χ4n) is 4.61. The van der Waals surface area contributed by atoms with Crippen LogP contribution in [0, 0.1) is 23.7 Å². The fraction of sp³-hybridized carbons (Fsp3) is 0.529. The molecule has 2 saturated carbocycles. The van der Waals surface area contributed by atoms with Gasteiger partial charge in [-0.05, 0) is 48.5 Å². The van der Waals surface area contributed by atoms with Gasteiger partial charge >= 0.3 is 0 Å². The van der Waals surface area contributed by atoms with Gasteiger partial charge in [-0.25, -0.2) is 0 Å². The normalized spacial score (nSPS) is 40.3. The number of fused-ring (bicyclic) bond motifs is 5. The first-order valence-electron chi connectivity index (χ1n) is 7.37. The molecule has 0 unspecified atom stereocenters. The van der Waals surface area contributed by atoms with Crippen molar-refractivity contribution in [2.24, 2.45) is 23.7 Å². The molecule has 3 aliphatic rings. The Morgan fingerprint density at radius 2 is 1.83 bits per heavy atom. The van der Waals surface area contributed by atoms with Crippen molar-refractivity contribution >= 4 is 0 Å². The van der Waals surface area contributed by atoms with Crippen molar-refractivity contribution in [1.82, 2.24) is 5.32 Å². The van der Waals surface area contributed by atoms with Gasteiger partial charge in [-0.2, -0.15) is 0 Å². The Morgan fingerprint density at radius 1 is 1.00 bits per heavy atom. The Labute approximate surface area is 109 Å². The second-order valence-corrected chi connectivity index (χ2v) is 6.24. The highest BCUT2D eigenvalue weighted by Gasteiger charge is 2.50. The predicted octanol–water partition coefficient (Wildman–Crippen LogP) is 3.38. The number of benzene rings is 1. The zero-order chi connectivity index (χ0) is 11.9. The zero-order valence-electron chi connectivity index (χ0n) is 10.8. The molecule has 0 radical (unpaired) electrons. The maximum Gasteiger partial charge on any atom is 0.0208 e. The Balaban J connectivity index is 1.43. The lowest BCUT2D eigenvalue weighted by Gasteiger charge is -2.26. The second kappa shape index (κ2) is 4.24. The Kier molecular flexibility index (Phi) is 2.54. The standard InChI is InChI=1S/C17H21N/c1-2-4-12(5-3-1)11-18-16-9-8-15-13-6-7-14(10-13)17(15)16/h1-7,13-18H,8-11H2/t13-,14+,15-,16-,17-/m0/s1. The lowest BCUT2D eigenvalue weighted by molar-refractivity contribution is 0.304. The van der Waals surface area contributed by atoms with Crippen LogP contribution < -0.4 is 5.32 Å². The molecule has 0 spiro atoms. The summed E-state index contributed by atoms with van der Waals surface area (Å²) < 4.78 is 0. The Morgan fingerprint density at radius 3 is 2.72 bits per heavy atom. The molecule has 1 N–H and O–H groups in total. The van der Waals surface area contributed by atoms with E-state index in [9.17, 15) is 0 Å². The third-order valence-corrected chi connectivity index (χ3v) is 5.38. The molecule has 0 amide bonds. The number of rotatable bonds is 3. The average Bonchev–Trinajstić information content (AvgIpc) is 3.11. The maximum atomic E-state index is 3.82. The van der Waals surface area contributed by atoms with Crippen LogP contribution in [0.3, 0.4) is 0 Å².